The molecule has 0 radical (unpaired) electrons. The van der Waals surface area contributed by atoms with Crippen LogP contribution in [0.2, 0.25) is 10.0 Å². The quantitative estimate of drug-likeness (QED) is 0.790. The molecule has 0 saturated carbocycles. The van der Waals surface area contributed by atoms with Gasteiger partial charge in [-0.15, -0.1) is 0 Å². The van der Waals surface area contributed by atoms with E-state index in [4.69, 9.17) is 23.2 Å². The van der Waals surface area contributed by atoms with E-state index in [9.17, 15) is 9.59 Å². The number of hydrogen-bond donors (Lipinski definition) is 1. The molecule has 26 heavy (non-hydrogen) atoms. The molecule has 2 aromatic rings. The highest BCUT2D eigenvalue weighted by atomic mass is 35.5. The zero-order chi connectivity index (χ0) is 18.3. The number of carbonyl (C=O) groups is 2. The number of carbonyl (C=O) groups excluding carboxylic acids is 2. The third kappa shape index (κ3) is 3.06. The van der Waals surface area contributed by atoms with Crippen LogP contribution in [0.15, 0.2) is 59.8 Å². The lowest BCUT2D eigenvalue weighted by Gasteiger charge is -2.35. The maximum absolute atomic E-state index is 13.0. The molecule has 132 valence electrons. The number of benzene rings is 2. The van der Waals surface area contributed by atoms with E-state index in [1.165, 1.54) is 0 Å². The second-order valence-electron chi connectivity index (χ2n) is 6.77. The molecule has 1 aliphatic carbocycles. The molecule has 2 atom stereocenters. The first-order chi connectivity index (χ1) is 12.5. The van der Waals surface area contributed by atoms with E-state index in [2.05, 4.69) is 5.32 Å². The highest BCUT2D eigenvalue weighted by Crippen LogP contribution is 2.44. The lowest BCUT2D eigenvalue weighted by molar-refractivity contribution is -0.122. The summed E-state index contributed by atoms with van der Waals surface area (Å²) in [6.07, 6.45) is 1.22. The molecular weight excluding hydrogens is 369 g/mol. The van der Waals surface area contributed by atoms with E-state index in [-0.39, 0.29) is 29.9 Å². The molecule has 0 bridgehead atoms. The summed E-state index contributed by atoms with van der Waals surface area (Å²) in [5.74, 6) is -0.338. The number of halogens is 2. The van der Waals surface area contributed by atoms with Gasteiger partial charge >= 0.3 is 0 Å². The van der Waals surface area contributed by atoms with E-state index >= 15 is 0 Å². The second-order valence-corrected chi connectivity index (χ2v) is 7.58. The van der Waals surface area contributed by atoms with Crippen LogP contribution >= 0.6 is 23.2 Å². The summed E-state index contributed by atoms with van der Waals surface area (Å²) < 4.78 is 0. The molecule has 0 fully saturated rings. The minimum Gasteiger partial charge on any atom is -0.329 e. The highest BCUT2D eigenvalue weighted by Gasteiger charge is 2.39. The summed E-state index contributed by atoms with van der Waals surface area (Å²) in [6.45, 7) is 0. The van der Waals surface area contributed by atoms with E-state index < -0.39 is 0 Å². The van der Waals surface area contributed by atoms with Gasteiger partial charge in [-0.3, -0.25) is 9.59 Å². The summed E-state index contributed by atoms with van der Waals surface area (Å²) in [4.78, 5) is 25.3. The smallest absolute Gasteiger partial charge is 0.225 e. The van der Waals surface area contributed by atoms with Gasteiger partial charge in [-0.05, 0) is 35.6 Å². The maximum atomic E-state index is 13.0. The molecule has 1 amide bonds. The van der Waals surface area contributed by atoms with Crippen LogP contribution in [-0.2, 0) is 9.59 Å². The van der Waals surface area contributed by atoms with Crippen molar-refractivity contribution < 1.29 is 9.59 Å². The predicted molar refractivity (Wildman–Crippen MR) is 102 cm³/mol. The van der Waals surface area contributed by atoms with Gasteiger partial charge in [-0.1, -0.05) is 59.6 Å². The van der Waals surface area contributed by atoms with Gasteiger partial charge in [0.05, 0.1) is 0 Å². The average molecular weight is 386 g/mol. The Balaban J connectivity index is 1.76. The molecule has 0 aromatic heterocycles. The lowest BCUT2D eigenvalue weighted by Crippen LogP contribution is -2.38. The molecule has 0 spiro atoms. The van der Waals surface area contributed by atoms with Gasteiger partial charge in [0.15, 0.2) is 5.78 Å². The molecule has 0 unspecified atom stereocenters. The van der Waals surface area contributed by atoms with Gasteiger partial charge in [-0.25, -0.2) is 0 Å². The highest BCUT2D eigenvalue weighted by molar-refractivity contribution is 6.32. The summed E-state index contributed by atoms with van der Waals surface area (Å²) >= 11 is 12.7. The molecule has 3 nitrogen and oxygen atoms in total. The van der Waals surface area contributed by atoms with Crippen LogP contribution in [-0.4, -0.2) is 11.7 Å². The van der Waals surface area contributed by atoms with E-state index in [1.54, 1.807) is 6.07 Å². The van der Waals surface area contributed by atoms with Crippen LogP contribution < -0.4 is 5.32 Å². The Morgan fingerprint density at radius 3 is 2.08 bits per heavy atom. The third-order valence-electron chi connectivity index (χ3n) is 5.16. The standard InChI is InChI=1S/C21H17Cl2NO2/c22-16-7-3-1-5-13(16)12-9-18-21(19(25)10-12)15(11-20(26)24-18)14-6-2-4-8-17(14)23/h1-8,12,15H,9-11H2,(H,24,26)/t12-,15-/m1/s1. The molecule has 1 N–H and O–H groups in total. The number of ketones is 1. The van der Waals surface area contributed by atoms with Crippen LogP contribution in [0, 0.1) is 0 Å². The van der Waals surface area contributed by atoms with Crippen molar-refractivity contribution in [2.24, 2.45) is 0 Å². The van der Waals surface area contributed by atoms with Crippen molar-refractivity contribution in [3.8, 4) is 0 Å². The van der Waals surface area contributed by atoms with E-state index in [0.717, 1.165) is 11.1 Å². The number of nitrogens with one attached hydrogen (secondary N) is 1. The first-order valence-electron chi connectivity index (χ1n) is 8.59. The largest absolute Gasteiger partial charge is 0.329 e. The fourth-order valence-electron chi connectivity index (χ4n) is 4.01. The number of hydrogen-bond acceptors (Lipinski definition) is 2. The van der Waals surface area contributed by atoms with E-state index in [0.29, 0.717) is 34.2 Å². The SMILES string of the molecule is O=C1C[C@H](c2ccccc2Cl)C2=C(C[C@@H](c3ccccc3Cl)CC2=O)N1. The van der Waals surface area contributed by atoms with Crippen molar-refractivity contribution in [1.82, 2.24) is 5.32 Å². The zero-order valence-corrected chi connectivity index (χ0v) is 15.5. The minimum atomic E-state index is -0.285. The van der Waals surface area contributed by atoms with Gasteiger partial charge in [0, 0.05) is 40.1 Å². The van der Waals surface area contributed by atoms with Gasteiger partial charge < -0.3 is 5.32 Å². The van der Waals surface area contributed by atoms with Crippen LogP contribution in [0.4, 0.5) is 0 Å². The molecular formula is C21H17Cl2NO2. The summed E-state index contributed by atoms with van der Waals surface area (Å²) in [6, 6.07) is 15.0. The summed E-state index contributed by atoms with van der Waals surface area (Å²) in [5.41, 5.74) is 3.19. The first kappa shape index (κ1) is 17.3. The number of rotatable bonds is 2. The molecule has 5 heteroatoms. The van der Waals surface area contributed by atoms with Crippen LogP contribution in [0.5, 0.6) is 0 Å². The Labute approximate surface area is 162 Å². The van der Waals surface area contributed by atoms with Crippen LogP contribution in [0.1, 0.15) is 42.2 Å². The monoisotopic (exact) mass is 385 g/mol. The number of allylic oxidation sites excluding steroid dienone is 2. The van der Waals surface area contributed by atoms with Crippen molar-refractivity contribution in [1.29, 1.82) is 0 Å². The Morgan fingerprint density at radius 1 is 0.808 bits per heavy atom. The van der Waals surface area contributed by atoms with Crippen LogP contribution in [0.3, 0.4) is 0 Å². The molecule has 0 saturated heterocycles. The van der Waals surface area contributed by atoms with Gasteiger partial charge in [0.1, 0.15) is 0 Å². The number of Topliss-reactive ketones (excluding diaryl/α,β-unsaturated/α-hetero) is 1. The van der Waals surface area contributed by atoms with Gasteiger partial charge in [-0.2, -0.15) is 0 Å². The predicted octanol–water partition coefficient (Wildman–Crippen LogP) is 5.00. The Hall–Kier alpha value is -2.10. The topological polar surface area (TPSA) is 46.2 Å². The van der Waals surface area contributed by atoms with Crippen molar-refractivity contribution in [3.63, 3.8) is 0 Å². The second kappa shape index (κ2) is 6.90. The fourth-order valence-corrected chi connectivity index (χ4v) is 4.57. The van der Waals surface area contributed by atoms with Gasteiger partial charge in [0.2, 0.25) is 5.91 Å². The fraction of sp³-hybridized carbons (Fsp3) is 0.238. The summed E-state index contributed by atoms with van der Waals surface area (Å²) in [5, 5.41) is 4.16. The van der Waals surface area contributed by atoms with Crippen molar-refractivity contribution in [3.05, 3.63) is 81.0 Å². The number of amides is 1. The van der Waals surface area contributed by atoms with Crippen molar-refractivity contribution >= 4 is 34.9 Å². The van der Waals surface area contributed by atoms with Crippen molar-refractivity contribution in [2.75, 3.05) is 0 Å². The first-order valence-corrected chi connectivity index (χ1v) is 9.35. The van der Waals surface area contributed by atoms with Crippen LogP contribution in [0.25, 0.3) is 0 Å². The molecule has 2 aliphatic rings. The molecule has 1 aliphatic heterocycles. The zero-order valence-electron chi connectivity index (χ0n) is 14.0. The Morgan fingerprint density at radius 2 is 1.42 bits per heavy atom. The Bertz CT molecular complexity index is 935. The lowest BCUT2D eigenvalue weighted by atomic mass is 9.73. The Kier molecular flexibility index (Phi) is 4.60. The average Bonchev–Trinajstić information content (AvgIpc) is 2.61. The molecule has 4 rings (SSSR count). The normalized spacial score (nSPS) is 22.8. The molecule has 2 aromatic carbocycles. The molecule has 1 heterocycles. The maximum Gasteiger partial charge on any atom is 0.225 e. The van der Waals surface area contributed by atoms with E-state index in [1.807, 2.05) is 42.5 Å². The third-order valence-corrected chi connectivity index (χ3v) is 5.85. The minimum absolute atomic E-state index is 0.0276. The van der Waals surface area contributed by atoms with Crippen molar-refractivity contribution in [2.45, 2.75) is 31.1 Å². The summed E-state index contributed by atoms with van der Waals surface area (Å²) in [7, 11) is 0. The van der Waals surface area contributed by atoms with Gasteiger partial charge in [0.25, 0.3) is 0 Å².